The van der Waals surface area contributed by atoms with E-state index in [1.165, 1.54) is 16.7 Å². The molecule has 22 heavy (non-hydrogen) atoms. The number of fused-ring (bicyclic) bond motifs is 5. The molecule has 3 N–H and O–H groups in total. The van der Waals surface area contributed by atoms with E-state index in [2.05, 4.69) is 0 Å². The summed E-state index contributed by atoms with van der Waals surface area (Å²) >= 11 is 0. The highest BCUT2D eigenvalue weighted by atomic mass is 16.6. The lowest BCUT2D eigenvalue weighted by Gasteiger charge is -2.10. The van der Waals surface area contributed by atoms with Gasteiger partial charge in [-0.25, -0.2) is 0 Å². The zero-order chi connectivity index (χ0) is 15.6. The van der Waals surface area contributed by atoms with Crippen LogP contribution in [-0.4, -0.2) is 24.8 Å². The number of hydrogen-bond donors (Lipinski definition) is 3. The van der Waals surface area contributed by atoms with E-state index < -0.39 is 16.4 Å². The van der Waals surface area contributed by atoms with Crippen molar-refractivity contribution < 1.29 is 20.2 Å². The minimum atomic E-state index is -0.713. The summed E-state index contributed by atoms with van der Waals surface area (Å²) in [7, 11) is 0. The lowest BCUT2D eigenvalue weighted by Crippen LogP contribution is -1.97. The molecule has 2 aromatic rings. The molecule has 2 aliphatic rings. The molecule has 7 nitrogen and oxygen atoms in total. The first kappa shape index (κ1) is 12.8. The molecule has 2 bridgehead atoms. The van der Waals surface area contributed by atoms with Gasteiger partial charge in [-0.3, -0.25) is 14.7 Å². The fraction of sp³-hybridized carbons (Fsp3) is 0.200. The SMILES string of the molecule is O=[N+]([O-])c1cc(-n2c(O)c3c(c2O)[C@H]2C=C[C@@H]3C2)ccc1O. The minimum absolute atomic E-state index is 0.0688. The van der Waals surface area contributed by atoms with Gasteiger partial charge >= 0.3 is 5.69 Å². The van der Waals surface area contributed by atoms with Gasteiger partial charge in [0.1, 0.15) is 0 Å². The van der Waals surface area contributed by atoms with Gasteiger partial charge in [-0.1, -0.05) is 12.2 Å². The Hall–Kier alpha value is -2.96. The molecule has 2 aliphatic carbocycles. The maximum absolute atomic E-state index is 10.9. The van der Waals surface area contributed by atoms with Gasteiger partial charge in [-0.05, 0) is 18.6 Å². The van der Waals surface area contributed by atoms with Crippen LogP contribution in [0.3, 0.4) is 0 Å². The zero-order valence-corrected chi connectivity index (χ0v) is 11.3. The Morgan fingerprint density at radius 1 is 1.09 bits per heavy atom. The first-order valence-corrected chi connectivity index (χ1v) is 6.81. The minimum Gasteiger partial charge on any atom is -0.502 e. The van der Waals surface area contributed by atoms with Crippen molar-refractivity contribution in [3.05, 3.63) is 51.6 Å². The van der Waals surface area contributed by atoms with Gasteiger partial charge in [0.15, 0.2) is 5.75 Å². The van der Waals surface area contributed by atoms with Crippen LogP contribution in [0, 0.1) is 10.1 Å². The normalized spacial score (nSPS) is 21.3. The molecule has 0 fully saturated rings. The largest absolute Gasteiger partial charge is 0.502 e. The summed E-state index contributed by atoms with van der Waals surface area (Å²) in [6, 6.07) is 3.70. The number of rotatable bonds is 2. The van der Waals surface area contributed by atoms with Gasteiger partial charge in [0.05, 0.1) is 10.6 Å². The molecule has 0 saturated carbocycles. The number of phenolic OH excluding ortho intramolecular Hbond substituents is 1. The first-order valence-electron chi connectivity index (χ1n) is 6.81. The van der Waals surface area contributed by atoms with Crippen molar-refractivity contribution >= 4 is 5.69 Å². The van der Waals surface area contributed by atoms with Crippen LogP contribution in [0.15, 0.2) is 30.4 Å². The second-order valence-corrected chi connectivity index (χ2v) is 5.57. The number of nitro groups is 1. The molecule has 0 radical (unpaired) electrons. The Morgan fingerprint density at radius 3 is 2.23 bits per heavy atom. The highest BCUT2D eigenvalue weighted by Crippen LogP contribution is 2.57. The van der Waals surface area contributed by atoms with Gasteiger partial charge in [-0.15, -0.1) is 0 Å². The molecule has 0 amide bonds. The number of nitrogens with zero attached hydrogens (tertiary/aromatic N) is 2. The Kier molecular flexibility index (Phi) is 2.34. The van der Waals surface area contributed by atoms with Crippen molar-refractivity contribution in [2.24, 2.45) is 0 Å². The summed E-state index contributed by atoms with van der Waals surface area (Å²) in [4.78, 5) is 10.2. The third-order valence-electron chi connectivity index (χ3n) is 4.43. The van der Waals surface area contributed by atoms with Crippen LogP contribution in [-0.2, 0) is 0 Å². The number of aromatic nitrogens is 1. The molecule has 4 rings (SSSR count). The molecule has 0 saturated heterocycles. The highest BCUT2D eigenvalue weighted by Gasteiger charge is 2.41. The molecule has 0 aliphatic heterocycles. The van der Waals surface area contributed by atoms with E-state index >= 15 is 0 Å². The van der Waals surface area contributed by atoms with E-state index in [0.717, 1.165) is 12.5 Å². The predicted molar refractivity (Wildman–Crippen MR) is 76.7 cm³/mol. The smallest absolute Gasteiger partial charge is 0.312 e. The van der Waals surface area contributed by atoms with Gasteiger partial charge < -0.3 is 15.3 Å². The number of benzene rings is 1. The van der Waals surface area contributed by atoms with E-state index in [4.69, 9.17) is 0 Å². The van der Waals surface area contributed by atoms with Crippen LogP contribution >= 0.6 is 0 Å². The van der Waals surface area contributed by atoms with E-state index in [1.54, 1.807) is 0 Å². The maximum Gasteiger partial charge on any atom is 0.312 e. The van der Waals surface area contributed by atoms with Crippen molar-refractivity contribution in [1.82, 2.24) is 4.57 Å². The number of hydrogen-bond acceptors (Lipinski definition) is 5. The quantitative estimate of drug-likeness (QED) is 0.449. The molecule has 1 aromatic heterocycles. The van der Waals surface area contributed by atoms with Crippen LogP contribution < -0.4 is 0 Å². The average Bonchev–Trinajstić information content (AvgIpc) is 3.14. The summed E-state index contributed by atoms with van der Waals surface area (Å²) in [6.07, 6.45) is 4.83. The van der Waals surface area contributed by atoms with Crippen molar-refractivity contribution in [3.63, 3.8) is 0 Å². The van der Waals surface area contributed by atoms with E-state index in [9.17, 15) is 25.4 Å². The molecule has 112 valence electrons. The van der Waals surface area contributed by atoms with Crippen molar-refractivity contribution in [2.75, 3.05) is 0 Å². The average molecular weight is 300 g/mol. The second kappa shape index (κ2) is 4.03. The summed E-state index contributed by atoms with van der Waals surface area (Å²) < 4.78 is 1.18. The summed E-state index contributed by atoms with van der Waals surface area (Å²) in [6.45, 7) is 0. The zero-order valence-electron chi connectivity index (χ0n) is 11.3. The van der Waals surface area contributed by atoms with Gasteiger partial charge in [0.25, 0.3) is 0 Å². The first-order chi connectivity index (χ1) is 10.5. The van der Waals surface area contributed by atoms with Crippen molar-refractivity contribution in [3.8, 4) is 23.2 Å². The number of nitro benzene ring substituents is 1. The standard InChI is InChI=1S/C15H12N2O5/c18-11-4-3-9(6-10(11)17(21)22)16-14(19)12-7-1-2-8(5-7)13(12)15(16)20/h1-4,6-8,18-20H,5H2/t7-,8+. The van der Waals surface area contributed by atoms with Crippen LogP contribution in [0.25, 0.3) is 5.69 Å². The van der Waals surface area contributed by atoms with Gasteiger partial charge in [-0.2, -0.15) is 0 Å². The molecule has 7 heteroatoms. The Balaban J connectivity index is 1.93. The number of aromatic hydroxyl groups is 3. The van der Waals surface area contributed by atoms with Crippen molar-refractivity contribution in [2.45, 2.75) is 18.3 Å². The van der Waals surface area contributed by atoms with E-state index in [-0.39, 0.29) is 29.3 Å². The molecule has 1 heterocycles. The maximum atomic E-state index is 10.9. The monoisotopic (exact) mass is 300 g/mol. The van der Waals surface area contributed by atoms with Crippen LogP contribution in [0.2, 0.25) is 0 Å². The highest BCUT2D eigenvalue weighted by molar-refractivity contribution is 5.64. The Bertz CT molecular complexity index is 817. The Morgan fingerprint density at radius 2 is 1.68 bits per heavy atom. The van der Waals surface area contributed by atoms with Crippen LogP contribution in [0.5, 0.6) is 17.5 Å². The van der Waals surface area contributed by atoms with Gasteiger partial charge in [0.2, 0.25) is 11.8 Å². The Labute approximate surface area is 124 Å². The molecular formula is C15H12N2O5. The predicted octanol–water partition coefficient (Wildman–Crippen LogP) is 2.64. The topological polar surface area (TPSA) is 109 Å². The lowest BCUT2D eigenvalue weighted by molar-refractivity contribution is -0.385. The molecule has 0 spiro atoms. The van der Waals surface area contributed by atoms with Crippen LogP contribution in [0.4, 0.5) is 5.69 Å². The number of phenols is 1. The third-order valence-corrected chi connectivity index (χ3v) is 4.43. The molecule has 0 unspecified atom stereocenters. The third kappa shape index (κ3) is 1.45. The molecule has 2 atom stereocenters. The lowest BCUT2D eigenvalue weighted by atomic mass is 10.0. The summed E-state index contributed by atoms with van der Waals surface area (Å²) in [5.74, 6) is -0.540. The summed E-state index contributed by atoms with van der Waals surface area (Å²) in [5, 5.41) is 41.3. The van der Waals surface area contributed by atoms with Crippen LogP contribution in [0.1, 0.15) is 29.4 Å². The van der Waals surface area contributed by atoms with Crippen molar-refractivity contribution in [1.29, 1.82) is 0 Å². The molecule has 1 aromatic carbocycles. The van der Waals surface area contributed by atoms with E-state index in [1.807, 2.05) is 12.2 Å². The fourth-order valence-corrected chi connectivity index (χ4v) is 3.48. The van der Waals surface area contributed by atoms with Gasteiger partial charge in [0, 0.05) is 29.0 Å². The second-order valence-electron chi connectivity index (χ2n) is 5.57. The summed E-state index contributed by atoms with van der Waals surface area (Å²) in [5.41, 5.74) is 1.11. The molecular weight excluding hydrogens is 288 g/mol. The number of allylic oxidation sites excluding steroid dienone is 2. The fourth-order valence-electron chi connectivity index (χ4n) is 3.48. The van der Waals surface area contributed by atoms with E-state index in [0.29, 0.717) is 11.1 Å².